The molecular formula is C28H28N6O4. The molecule has 2 aromatic heterocycles. The summed E-state index contributed by atoms with van der Waals surface area (Å²) in [6.45, 7) is 1.55. The first-order valence-corrected chi connectivity index (χ1v) is 13.0. The number of carbonyl (C=O) groups is 2. The number of ether oxygens (including phenoxy) is 2. The Balaban J connectivity index is 1.14. The second-order valence-electron chi connectivity index (χ2n) is 10.5. The zero-order valence-corrected chi connectivity index (χ0v) is 21.1. The van der Waals surface area contributed by atoms with Crippen LogP contribution in [0.5, 0.6) is 5.88 Å². The minimum absolute atomic E-state index is 0.0633. The number of nitrogens with zero attached hydrogens (tertiary/aromatic N) is 5. The Morgan fingerprint density at radius 1 is 1.16 bits per heavy atom. The van der Waals surface area contributed by atoms with Crippen molar-refractivity contribution in [3.05, 3.63) is 48.4 Å². The summed E-state index contributed by atoms with van der Waals surface area (Å²) in [6.07, 6.45) is 7.70. The molecule has 0 unspecified atom stereocenters. The molecule has 1 atom stereocenters. The normalized spacial score (nSPS) is 20.9. The Morgan fingerprint density at radius 3 is 2.74 bits per heavy atom. The Bertz CT molecular complexity index is 1440. The molecule has 7 rings (SSSR count). The van der Waals surface area contributed by atoms with Crippen molar-refractivity contribution < 1.29 is 19.1 Å². The first-order chi connectivity index (χ1) is 18.5. The molecule has 1 aromatic carbocycles. The maximum absolute atomic E-state index is 13.1. The van der Waals surface area contributed by atoms with Gasteiger partial charge in [-0.15, -0.1) is 0 Å². The number of anilines is 4. The summed E-state index contributed by atoms with van der Waals surface area (Å²) in [6, 6.07) is 9.83. The molecule has 0 radical (unpaired) electrons. The van der Waals surface area contributed by atoms with E-state index in [4.69, 9.17) is 14.5 Å². The summed E-state index contributed by atoms with van der Waals surface area (Å²) in [5, 5.41) is 3.24. The number of nitrogens with one attached hydrogen (secondary N) is 1. The van der Waals surface area contributed by atoms with Gasteiger partial charge in [0.25, 0.3) is 0 Å². The van der Waals surface area contributed by atoms with E-state index in [9.17, 15) is 9.59 Å². The summed E-state index contributed by atoms with van der Waals surface area (Å²) >= 11 is 0. The third-order valence-electron chi connectivity index (χ3n) is 7.99. The molecule has 3 fully saturated rings. The van der Waals surface area contributed by atoms with Crippen LogP contribution in [0.15, 0.2) is 42.7 Å². The van der Waals surface area contributed by atoms with E-state index in [0.717, 1.165) is 54.7 Å². The highest BCUT2D eigenvalue weighted by molar-refractivity contribution is 6.04. The molecule has 38 heavy (non-hydrogen) atoms. The molecule has 10 nitrogen and oxygen atoms in total. The summed E-state index contributed by atoms with van der Waals surface area (Å²) in [5.74, 6) is 1.24. The highest BCUT2D eigenvalue weighted by Crippen LogP contribution is 2.58. The number of methoxy groups -OCH3 is 1. The van der Waals surface area contributed by atoms with E-state index in [-0.39, 0.29) is 23.3 Å². The number of fused-ring (bicyclic) bond motifs is 3. The third-order valence-corrected chi connectivity index (χ3v) is 7.99. The number of rotatable bonds is 6. The molecule has 1 spiro atoms. The van der Waals surface area contributed by atoms with E-state index in [1.165, 1.54) is 0 Å². The van der Waals surface area contributed by atoms with Gasteiger partial charge in [0, 0.05) is 37.5 Å². The van der Waals surface area contributed by atoms with Gasteiger partial charge in [-0.05, 0) is 49.4 Å². The van der Waals surface area contributed by atoms with Gasteiger partial charge in [-0.1, -0.05) is 12.1 Å². The third kappa shape index (κ3) is 3.78. The van der Waals surface area contributed by atoms with Crippen molar-refractivity contribution >= 4 is 34.8 Å². The summed E-state index contributed by atoms with van der Waals surface area (Å²) in [4.78, 5) is 42.6. The topological polar surface area (TPSA) is 110 Å². The van der Waals surface area contributed by atoms with Crippen LogP contribution in [0.25, 0.3) is 11.1 Å². The van der Waals surface area contributed by atoms with Gasteiger partial charge >= 0.3 is 0 Å². The molecule has 2 saturated heterocycles. The lowest BCUT2D eigenvalue weighted by atomic mass is 10.0. The molecule has 1 N–H and O–H groups in total. The van der Waals surface area contributed by atoms with Crippen LogP contribution in [0.2, 0.25) is 0 Å². The van der Waals surface area contributed by atoms with E-state index in [1.807, 2.05) is 40.1 Å². The molecule has 4 aliphatic rings. The Morgan fingerprint density at radius 2 is 2.00 bits per heavy atom. The highest BCUT2D eigenvalue weighted by atomic mass is 16.5. The summed E-state index contributed by atoms with van der Waals surface area (Å²) in [7, 11) is 1.63. The van der Waals surface area contributed by atoms with Gasteiger partial charge in [-0.25, -0.2) is 15.0 Å². The largest absolute Gasteiger partial charge is 0.474 e. The van der Waals surface area contributed by atoms with E-state index < -0.39 is 0 Å². The first kappa shape index (κ1) is 23.1. The van der Waals surface area contributed by atoms with Crippen molar-refractivity contribution in [2.45, 2.75) is 44.8 Å². The van der Waals surface area contributed by atoms with E-state index in [2.05, 4.69) is 15.3 Å². The highest BCUT2D eigenvalue weighted by Gasteiger charge is 2.60. The van der Waals surface area contributed by atoms with Gasteiger partial charge in [-0.3, -0.25) is 9.59 Å². The van der Waals surface area contributed by atoms with Crippen molar-refractivity contribution in [3.63, 3.8) is 0 Å². The van der Waals surface area contributed by atoms with Gasteiger partial charge in [-0.2, -0.15) is 0 Å². The minimum atomic E-state index is -0.185. The molecule has 0 bridgehead atoms. The average Bonchev–Trinajstić information content (AvgIpc) is 3.49. The smallest absolute Gasteiger partial charge is 0.238 e. The predicted octanol–water partition coefficient (Wildman–Crippen LogP) is 3.83. The van der Waals surface area contributed by atoms with E-state index >= 15 is 0 Å². The number of aromatic nitrogens is 3. The van der Waals surface area contributed by atoms with Crippen molar-refractivity contribution in [1.29, 1.82) is 0 Å². The van der Waals surface area contributed by atoms with E-state index in [0.29, 0.717) is 42.8 Å². The monoisotopic (exact) mass is 512 g/mol. The number of amides is 2. The zero-order chi connectivity index (χ0) is 25.9. The van der Waals surface area contributed by atoms with Gasteiger partial charge in [0.2, 0.25) is 23.6 Å². The van der Waals surface area contributed by atoms with Crippen molar-refractivity contribution in [2.75, 3.05) is 35.4 Å². The Kier molecular flexibility index (Phi) is 5.33. The van der Waals surface area contributed by atoms with Crippen LogP contribution in [0.1, 0.15) is 37.8 Å². The number of benzene rings is 1. The zero-order valence-electron chi connectivity index (χ0n) is 21.1. The van der Waals surface area contributed by atoms with Gasteiger partial charge < -0.3 is 24.6 Å². The molecule has 2 amide bonds. The molecule has 3 aromatic rings. The molecule has 5 heterocycles. The second-order valence-corrected chi connectivity index (χ2v) is 10.5. The van der Waals surface area contributed by atoms with Crippen molar-refractivity contribution in [2.24, 2.45) is 5.41 Å². The lowest BCUT2D eigenvalue weighted by molar-refractivity contribution is -0.121. The van der Waals surface area contributed by atoms with Crippen molar-refractivity contribution in [1.82, 2.24) is 15.0 Å². The van der Waals surface area contributed by atoms with Crippen LogP contribution in [-0.2, 0) is 20.9 Å². The minimum Gasteiger partial charge on any atom is -0.474 e. The molecule has 3 aliphatic heterocycles. The van der Waals surface area contributed by atoms with Crippen LogP contribution >= 0.6 is 0 Å². The molecule has 1 aliphatic carbocycles. The Hall–Kier alpha value is -4.05. The fraction of sp³-hybridized carbons (Fsp3) is 0.393. The van der Waals surface area contributed by atoms with Gasteiger partial charge in [0.15, 0.2) is 0 Å². The van der Waals surface area contributed by atoms with Crippen LogP contribution in [0.4, 0.5) is 23.0 Å². The summed E-state index contributed by atoms with van der Waals surface area (Å²) in [5.41, 5.74) is 4.62. The quantitative estimate of drug-likeness (QED) is 0.531. The van der Waals surface area contributed by atoms with Gasteiger partial charge in [0.05, 0.1) is 35.6 Å². The van der Waals surface area contributed by atoms with E-state index in [1.54, 1.807) is 19.5 Å². The Labute approximate surface area is 220 Å². The molecule has 10 heteroatoms. The maximum Gasteiger partial charge on any atom is 0.238 e. The molecule has 194 valence electrons. The van der Waals surface area contributed by atoms with Gasteiger partial charge in [0.1, 0.15) is 12.3 Å². The SMILES string of the molecule is COCc1nc(Nc2cnc3c(c2)N2C(=O)C4(CC4)C[C@H]2CO3)ncc1-c1ccc(N2CCCC2=O)cc1. The fourth-order valence-electron chi connectivity index (χ4n) is 5.86. The van der Waals surface area contributed by atoms with Crippen LogP contribution in [0.3, 0.4) is 0 Å². The fourth-order valence-corrected chi connectivity index (χ4v) is 5.86. The molecule has 1 saturated carbocycles. The maximum atomic E-state index is 13.1. The second kappa shape index (κ2) is 8.76. The lowest BCUT2D eigenvalue weighted by Gasteiger charge is -2.31. The summed E-state index contributed by atoms with van der Waals surface area (Å²) < 4.78 is 11.3. The average molecular weight is 513 g/mol. The first-order valence-electron chi connectivity index (χ1n) is 13.0. The van der Waals surface area contributed by atoms with Crippen molar-refractivity contribution in [3.8, 4) is 17.0 Å². The van der Waals surface area contributed by atoms with Crippen LogP contribution in [0, 0.1) is 5.41 Å². The predicted molar refractivity (Wildman–Crippen MR) is 140 cm³/mol. The lowest BCUT2D eigenvalue weighted by Crippen LogP contribution is -2.41. The van der Waals surface area contributed by atoms with Crippen LogP contribution < -0.4 is 19.9 Å². The number of hydrogen-bond donors (Lipinski definition) is 1. The molecular weight excluding hydrogens is 484 g/mol. The number of carbonyl (C=O) groups excluding carboxylic acids is 2. The number of hydrogen-bond acceptors (Lipinski definition) is 8. The number of pyridine rings is 1. The van der Waals surface area contributed by atoms with Crippen LogP contribution in [-0.4, -0.2) is 53.1 Å². The standard InChI is InChI=1S/C28H28N6O4/c1-37-16-22-21(17-4-6-19(7-5-17)33-10-2-3-24(33)35)14-30-27(32-22)31-18-11-23-25(29-13-18)38-15-20-12-28(8-9-28)26(36)34(20)23/h4-7,11,13-14,20H,2-3,8-10,12,15-16H2,1H3,(H,30,31,32)/t20-/m0/s1.